The first-order valence-corrected chi connectivity index (χ1v) is 11.6. The Kier molecular flexibility index (Phi) is 5.72. The van der Waals surface area contributed by atoms with Crippen molar-refractivity contribution in [2.75, 3.05) is 19.6 Å². The van der Waals surface area contributed by atoms with Gasteiger partial charge in [-0.1, -0.05) is 42.5 Å². The third-order valence-corrected chi connectivity index (χ3v) is 8.03. The van der Waals surface area contributed by atoms with Crippen LogP contribution in [0.25, 0.3) is 11.1 Å². The molecular weight excluding hydrogens is 386 g/mol. The molecule has 2 N–H and O–H groups in total. The summed E-state index contributed by atoms with van der Waals surface area (Å²) >= 11 is 0. The number of nitrogens with zero attached hydrogens (tertiary/aromatic N) is 2. The van der Waals surface area contributed by atoms with E-state index in [0.29, 0.717) is 18.0 Å². The highest BCUT2D eigenvalue weighted by molar-refractivity contribution is 7.89. The highest BCUT2D eigenvalue weighted by atomic mass is 32.2. The van der Waals surface area contributed by atoms with Gasteiger partial charge >= 0.3 is 0 Å². The zero-order valence-electron chi connectivity index (χ0n) is 16.4. The maximum atomic E-state index is 13.1. The van der Waals surface area contributed by atoms with Crippen LogP contribution in [0.2, 0.25) is 0 Å². The van der Waals surface area contributed by atoms with Crippen LogP contribution in [0.1, 0.15) is 25.7 Å². The Balaban J connectivity index is 1.43. The largest absolute Gasteiger partial charge is 0.368 e. The number of sulfonamides is 1. The maximum Gasteiger partial charge on any atom is 0.243 e. The molecule has 2 aromatic carbocycles. The lowest BCUT2D eigenvalue weighted by molar-refractivity contribution is -0.123. The fourth-order valence-corrected chi connectivity index (χ4v) is 6.01. The quantitative estimate of drug-likeness (QED) is 0.816. The van der Waals surface area contributed by atoms with Crippen LogP contribution in [0.5, 0.6) is 0 Å². The molecule has 2 aliphatic rings. The topological polar surface area (TPSA) is 83.7 Å². The smallest absolute Gasteiger partial charge is 0.243 e. The molecule has 1 atom stereocenters. The standard InChI is InChI=1S/C22H27N3O3S/c23-22(26)21-7-4-14-25(21)19-12-15-24(16-13-19)29(27,28)20-10-8-18(9-11-20)17-5-2-1-3-6-17/h1-3,5-6,8-11,19,21H,4,7,12-16H2,(H2,23,26). The maximum absolute atomic E-state index is 13.1. The molecule has 2 fully saturated rings. The first-order valence-electron chi connectivity index (χ1n) is 10.2. The van der Waals surface area contributed by atoms with E-state index in [1.807, 2.05) is 42.5 Å². The number of hydrogen-bond acceptors (Lipinski definition) is 4. The molecule has 0 spiro atoms. The minimum absolute atomic E-state index is 0.200. The normalized spacial score (nSPS) is 22.0. The molecule has 0 aromatic heterocycles. The molecule has 2 aromatic rings. The Bertz CT molecular complexity index is 953. The molecule has 0 saturated carbocycles. The van der Waals surface area contributed by atoms with Gasteiger partial charge in [-0.2, -0.15) is 4.31 Å². The summed E-state index contributed by atoms with van der Waals surface area (Å²) in [4.78, 5) is 14.2. The molecule has 2 saturated heterocycles. The van der Waals surface area contributed by atoms with Crippen LogP contribution >= 0.6 is 0 Å². The first kappa shape index (κ1) is 20.1. The summed E-state index contributed by atoms with van der Waals surface area (Å²) in [5.41, 5.74) is 7.59. The summed E-state index contributed by atoms with van der Waals surface area (Å²) in [6.07, 6.45) is 3.23. The number of primary amides is 1. The van der Waals surface area contributed by atoms with Gasteiger partial charge in [0.2, 0.25) is 15.9 Å². The number of hydrogen-bond donors (Lipinski definition) is 1. The van der Waals surface area contributed by atoms with E-state index in [2.05, 4.69) is 4.90 Å². The summed E-state index contributed by atoms with van der Waals surface area (Å²) in [7, 11) is -3.51. The molecule has 1 unspecified atom stereocenters. The molecule has 1 amide bonds. The lowest BCUT2D eigenvalue weighted by atomic mass is 10.0. The van der Waals surface area contributed by atoms with E-state index in [0.717, 1.165) is 43.4 Å². The van der Waals surface area contributed by atoms with Crippen molar-refractivity contribution >= 4 is 15.9 Å². The Labute approximate surface area is 172 Å². The van der Waals surface area contributed by atoms with E-state index >= 15 is 0 Å². The number of carbonyl (C=O) groups is 1. The van der Waals surface area contributed by atoms with E-state index in [9.17, 15) is 13.2 Å². The molecule has 0 aliphatic carbocycles. The van der Waals surface area contributed by atoms with Crippen molar-refractivity contribution in [1.29, 1.82) is 0 Å². The highest BCUT2D eigenvalue weighted by Crippen LogP contribution is 2.29. The van der Waals surface area contributed by atoms with Crippen LogP contribution in [0.3, 0.4) is 0 Å². The molecular formula is C22H27N3O3S. The summed E-state index contributed by atoms with van der Waals surface area (Å²) < 4.78 is 27.7. The molecule has 7 heteroatoms. The van der Waals surface area contributed by atoms with Gasteiger partial charge in [0.25, 0.3) is 0 Å². The fourth-order valence-electron chi connectivity index (χ4n) is 4.54. The van der Waals surface area contributed by atoms with Gasteiger partial charge in [0.1, 0.15) is 0 Å². The van der Waals surface area contributed by atoms with Gasteiger partial charge in [-0.3, -0.25) is 9.69 Å². The van der Waals surface area contributed by atoms with Crippen molar-refractivity contribution in [3.8, 4) is 11.1 Å². The van der Waals surface area contributed by atoms with Crippen LogP contribution in [0.15, 0.2) is 59.5 Å². The van der Waals surface area contributed by atoms with Crippen molar-refractivity contribution in [3.05, 3.63) is 54.6 Å². The minimum atomic E-state index is -3.51. The number of amides is 1. The van der Waals surface area contributed by atoms with Crippen LogP contribution in [-0.4, -0.2) is 55.2 Å². The van der Waals surface area contributed by atoms with Crippen LogP contribution in [0.4, 0.5) is 0 Å². The molecule has 29 heavy (non-hydrogen) atoms. The monoisotopic (exact) mass is 413 g/mol. The Morgan fingerprint density at radius 2 is 1.48 bits per heavy atom. The van der Waals surface area contributed by atoms with Gasteiger partial charge in [0, 0.05) is 19.1 Å². The molecule has 6 nitrogen and oxygen atoms in total. The van der Waals surface area contributed by atoms with Crippen molar-refractivity contribution in [2.24, 2.45) is 5.73 Å². The zero-order chi connectivity index (χ0) is 20.4. The average Bonchev–Trinajstić information content (AvgIpc) is 3.25. The van der Waals surface area contributed by atoms with Crippen LogP contribution in [-0.2, 0) is 14.8 Å². The number of likely N-dealkylation sites (tertiary alicyclic amines) is 1. The molecule has 2 heterocycles. The van der Waals surface area contributed by atoms with E-state index < -0.39 is 10.0 Å². The highest BCUT2D eigenvalue weighted by Gasteiger charge is 2.37. The predicted octanol–water partition coefficient (Wildman–Crippen LogP) is 2.46. The predicted molar refractivity (Wildman–Crippen MR) is 113 cm³/mol. The summed E-state index contributed by atoms with van der Waals surface area (Å²) in [6, 6.07) is 17.0. The number of carbonyl (C=O) groups excluding carboxylic acids is 1. The van der Waals surface area contributed by atoms with Crippen LogP contribution < -0.4 is 5.73 Å². The lowest BCUT2D eigenvalue weighted by Gasteiger charge is -2.38. The number of benzene rings is 2. The SMILES string of the molecule is NC(=O)C1CCCN1C1CCN(S(=O)(=O)c2ccc(-c3ccccc3)cc2)CC1. The molecule has 154 valence electrons. The van der Waals surface area contributed by atoms with E-state index in [1.54, 1.807) is 16.4 Å². The second-order valence-corrected chi connectivity index (χ2v) is 9.76. The minimum Gasteiger partial charge on any atom is -0.368 e. The second-order valence-electron chi connectivity index (χ2n) is 7.82. The lowest BCUT2D eigenvalue weighted by Crippen LogP contribution is -2.51. The third kappa shape index (κ3) is 4.08. The molecule has 0 radical (unpaired) electrons. The molecule has 2 aliphatic heterocycles. The van der Waals surface area contributed by atoms with Gasteiger partial charge in [-0.05, 0) is 55.5 Å². The van der Waals surface area contributed by atoms with E-state index in [1.165, 1.54) is 0 Å². The molecule has 0 bridgehead atoms. The Hall–Kier alpha value is -2.22. The summed E-state index contributed by atoms with van der Waals surface area (Å²) in [5.74, 6) is -0.268. The van der Waals surface area contributed by atoms with Crippen molar-refractivity contribution < 1.29 is 13.2 Å². The van der Waals surface area contributed by atoms with Crippen molar-refractivity contribution in [1.82, 2.24) is 9.21 Å². The van der Waals surface area contributed by atoms with Gasteiger partial charge in [-0.15, -0.1) is 0 Å². The van der Waals surface area contributed by atoms with Gasteiger partial charge in [0.15, 0.2) is 0 Å². The van der Waals surface area contributed by atoms with Gasteiger partial charge in [0.05, 0.1) is 10.9 Å². The van der Waals surface area contributed by atoms with Gasteiger partial charge < -0.3 is 5.73 Å². The van der Waals surface area contributed by atoms with Gasteiger partial charge in [-0.25, -0.2) is 8.42 Å². The van der Waals surface area contributed by atoms with Crippen molar-refractivity contribution in [2.45, 2.75) is 42.7 Å². The summed E-state index contributed by atoms with van der Waals surface area (Å²) in [6.45, 7) is 1.80. The summed E-state index contributed by atoms with van der Waals surface area (Å²) in [5, 5.41) is 0. The zero-order valence-corrected chi connectivity index (χ0v) is 17.2. The Morgan fingerprint density at radius 3 is 2.10 bits per heavy atom. The van der Waals surface area contributed by atoms with Crippen LogP contribution in [0, 0.1) is 0 Å². The average molecular weight is 414 g/mol. The Morgan fingerprint density at radius 1 is 0.862 bits per heavy atom. The number of nitrogens with two attached hydrogens (primary N) is 1. The van der Waals surface area contributed by atoms with E-state index in [4.69, 9.17) is 5.73 Å². The second kappa shape index (κ2) is 8.26. The van der Waals surface area contributed by atoms with Crippen molar-refractivity contribution in [3.63, 3.8) is 0 Å². The first-order chi connectivity index (χ1) is 14.0. The fraction of sp³-hybridized carbons (Fsp3) is 0.409. The molecule has 4 rings (SSSR count). The third-order valence-electron chi connectivity index (χ3n) is 6.11. The number of rotatable bonds is 5. The van der Waals surface area contributed by atoms with E-state index in [-0.39, 0.29) is 18.0 Å². The number of piperidine rings is 1.